The zero-order chi connectivity index (χ0) is 18.7. The van der Waals surface area contributed by atoms with Crippen LogP contribution in [0.25, 0.3) is 17.0 Å². The molecule has 0 bridgehead atoms. The van der Waals surface area contributed by atoms with Crippen LogP contribution in [-0.4, -0.2) is 13.0 Å². The number of rotatable bonds is 4. The lowest BCUT2D eigenvalue weighted by molar-refractivity contribution is -0.111. The van der Waals surface area contributed by atoms with Crippen LogP contribution in [0.4, 0.5) is 5.69 Å². The summed E-state index contributed by atoms with van der Waals surface area (Å²) in [5, 5.41) is 3.72. The van der Waals surface area contributed by atoms with Gasteiger partial charge in [-0.15, -0.1) is 0 Å². The molecule has 3 rings (SSSR count). The Balaban J connectivity index is 1.84. The van der Waals surface area contributed by atoms with Gasteiger partial charge in [0.05, 0.1) is 23.7 Å². The smallest absolute Gasteiger partial charge is 0.248 e. The van der Waals surface area contributed by atoms with Crippen molar-refractivity contribution in [1.82, 2.24) is 0 Å². The van der Waals surface area contributed by atoms with Crippen molar-refractivity contribution in [2.24, 2.45) is 0 Å². The van der Waals surface area contributed by atoms with E-state index in [1.54, 1.807) is 36.4 Å². The Kier molecular flexibility index (Phi) is 5.09. The second-order valence-electron chi connectivity index (χ2n) is 5.64. The van der Waals surface area contributed by atoms with Crippen LogP contribution in [0.2, 0.25) is 5.02 Å². The van der Waals surface area contributed by atoms with Crippen molar-refractivity contribution in [1.29, 1.82) is 0 Å². The van der Waals surface area contributed by atoms with Crippen LogP contribution in [0.3, 0.4) is 0 Å². The summed E-state index contributed by atoms with van der Waals surface area (Å²) >= 11 is 6.06. The van der Waals surface area contributed by atoms with Gasteiger partial charge in [0.15, 0.2) is 5.43 Å². The Morgan fingerprint density at radius 2 is 2.04 bits per heavy atom. The number of hydrogen-bond acceptors (Lipinski definition) is 4. The number of carbonyl (C=O) groups is 1. The summed E-state index contributed by atoms with van der Waals surface area (Å²) in [5.41, 5.74) is 1.89. The third-order valence-corrected chi connectivity index (χ3v) is 4.27. The number of carbonyl (C=O) groups excluding carboxylic acids is 1. The summed E-state index contributed by atoms with van der Waals surface area (Å²) < 4.78 is 10.6. The van der Waals surface area contributed by atoms with E-state index in [1.807, 2.05) is 6.92 Å². The standard InChI is InChI=1S/C20H16ClNO4/c1-12-9-16(18(25-2)10-15(12)21)22-19(23)8-7-13-11-26-17-6-4-3-5-14(17)20(13)24/h3-11H,1-2H3,(H,22,23)/b8-7+. The van der Waals surface area contributed by atoms with Crippen LogP contribution in [0.1, 0.15) is 11.1 Å². The molecule has 0 saturated carbocycles. The second-order valence-corrected chi connectivity index (χ2v) is 6.05. The Hall–Kier alpha value is -3.05. The van der Waals surface area contributed by atoms with E-state index in [0.29, 0.717) is 27.4 Å². The van der Waals surface area contributed by atoms with Crippen LogP contribution >= 0.6 is 11.6 Å². The molecule has 1 amide bonds. The predicted molar refractivity (Wildman–Crippen MR) is 103 cm³/mol. The number of anilines is 1. The van der Waals surface area contributed by atoms with Crippen LogP contribution in [0.15, 0.2) is 57.9 Å². The summed E-state index contributed by atoms with van der Waals surface area (Å²) in [6.07, 6.45) is 4.02. The Morgan fingerprint density at radius 1 is 1.27 bits per heavy atom. The maximum absolute atomic E-state index is 12.4. The molecule has 2 aromatic carbocycles. The van der Waals surface area contributed by atoms with Crippen molar-refractivity contribution in [3.8, 4) is 5.75 Å². The Labute approximate surface area is 154 Å². The van der Waals surface area contributed by atoms with Gasteiger partial charge in [0, 0.05) is 17.2 Å². The van der Waals surface area contributed by atoms with Crippen molar-refractivity contribution in [3.05, 3.63) is 75.1 Å². The fraction of sp³-hybridized carbons (Fsp3) is 0.100. The van der Waals surface area contributed by atoms with E-state index in [4.69, 9.17) is 20.8 Å². The maximum atomic E-state index is 12.4. The Bertz CT molecular complexity index is 1070. The van der Waals surface area contributed by atoms with E-state index < -0.39 is 5.91 Å². The minimum atomic E-state index is -0.405. The molecular weight excluding hydrogens is 354 g/mol. The maximum Gasteiger partial charge on any atom is 0.248 e. The quantitative estimate of drug-likeness (QED) is 0.691. The highest BCUT2D eigenvalue weighted by molar-refractivity contribution is 6.31. The summed E-state index contributed by atoms with van der Waals surface area (Å²) in [6, 6.07) is 10.3. The summed E-state index contributed by atoms with van der Waals surface area (Å²) in [7, 11) is 1.49. The number of methoxy groups -OCH3 is 1. The molecule has 3 aromatic rings. The van der Waals surface area contributed by atoms with Gasteiger partial charge >= 0.3 is 0 Å². The highest BCUT2D eigenvalue weighted by atomic mass is 35.5. The number of hydrogen-bond donors (Lipinski definition) is 1. The lowest BCUT2D eigenvalue weighted by Gasteiger charge is -2.11. The van der Waals surface area contributed by atoms with Gasteiger partial charge in [-0.05, 0) is 36.8 Å². The molecule has 0 aliphatic rings. The molecule has 1 aromatic heterocycles. The molecule has 1 N–H and O–H groups in total. The number of para-hydroxylation sites is 1. The molecule has 0 fully saturated rings. The van der Waals surface area contributed by atoms with E-state index in [0.717, 1.165) is 5.56 Å². The molecule has 0 aliphatic carbocycles. The lowest BCUT2D eigenvalue weighted by Crippen LogP contribution is -2.10. The molecule has 6 heteroatoms. The first-order valence-electron chi connectivity index (χ1n) is 7.83. The normalized spacial score (nSPS) is 11.0. The zero-order valence-electron chi connectivity index (χ0n) is 14.2. The molecule has 0 saturated heterocycles. The minimum absolute atomic E-state index is 0.198. The molecule has 5 nitrogen and oxygen atoms in total. The van der Waals surface area contributed by atoms with Gasteiger partial charge < -0.3 is 14.5 Å². The number of halogens is 1. The number of amides is 1. The SMILES string of the molecule is COc1cc(Cl)c(C)cc1NC(=O)/C=C/c1coc2ccccc2c1=O. The summed E-state index contributed by atoms with van der Waals surface area (Å²) in [4.78, 5) is 24.6. The first kappa shape index (κ1) is 17.8. The number of nitrogens with one attached hydrogen (secondary N) is 1. The van der Waals surface area contributed by atoms with E-state index >= 15 is 0 Å². The fourth-order valence-corrected chi connectivity index (χ4v) is 2.63. The highest BCUT2D eigenvalue weighted by Gasteiger charge is 2.09. The monoisotopic (exact) mass is 369 g/mol. The Morgan fingerprint density at radius 3 is 2.81 bits per heavy atom. The average Bonchev–Trinajstić information content (AvgIpc) is 2.64. The summed E-state index contributed by atoms with van der Waals surface area (Å²) in [6.45, 7) is 1.83. The van der Waals surface area contributed by atoms with Crippen molar-refractivity contribution in [2.75, 3.05) is 12.4 Å². The molecule has 0 radical (unpaired) electrons. The molecular formula is C20H16ClNO4. The van der Waals surface area contributed by atoms with Crippen LogP contribution < -0.4 is 15.5 Å². The molecule has 0 spiro atoms. The van der Waals surface area contributed by atoms with Crippen LogP contribution in [-0.2, 0) is 4.79 Å². The van der Waals surface area contributed by atoms with E-state index in [9.17, 15) is 9.59 Å². The number of fused-ring (bicyclic) bond motifs is 1. The fourth-order valence-electron chi connectivity index (χ4n) is 2.48. The van der Waals surface area contributed by atoms with Crippen molar-refractivity contribution in [2.45, 2.75) is 6.92 Å². The largest absolute Gasteiger partial charge is 0.495 e. The predicted octanol–water partition coefficient (Wildman–Crippen LogP) is 4.42. The highest BCUT2D eigenvalue weighted by Crippen LogP contribution is 2.30. The van der Waals surface area contributed by atoms with Crippen molar-refractivity contribution < 1.29 is 13.9 Å². The van der Waals surface area contributed by atoms with Crippen molar-refractivity contribution >= 4 is 40.2 Å². The summed E-state index contributed by atoms with van der Waals surface area (Å²) in [5.74, 6) is 0.0464. The molecule has 0 aliphatic heterocycles. The minimum Gasteiger partial charge on any atom is -0.495 e. The van der Waals surface area contributed by atoms with Gasteiger partial charge in [-0.25, -0.2) is 0 Å². The van der Waals surface area contributed by atoms with Crippen LogP contribution in [0, 0.1) is 6.92 Å². The second kappa shape index (κ2) is 7.45. The van der Waals surface area contributed by atoms with E-state index in [-0.39, 0.29) is 11.0 Å². The third-order valence-electron chi connectivity index (χ3n) is 3.86. The first-order valence-corrected chi connectivity index (χ1v) is 8.21. The molecule has 0 atom stereocenters. The number of aryl methyl sites for hydroxylation is 1. The third kappa shape index (κ3) is 3.63. The topological polar surface area (TPSA) is 68.5 Å². The molecule has 132 valence electrons. The van der Waals surface area contributed by atoms with E-state index in [2.05, 4.69) is 5.32 Å². The zero-order valence-corrected chi connectivity index (χ0v) is 15.0. The molecule has 26 heavy (non-hydrogen) atoms. The first-order chi connectivity index (χ1) is 12.5. The van der Waals surface area contributed by atoms with Crippen molar-refractivity contribution in [3.63, 3.8) is 0 Å². The van der Waals surface area contributed by atoms with Gasteiger partial charge in [-0.2, -0.15) is 0 Å². The van der Waals surface area contributed by atoms with Crippen LogP contribution in [0.5, 0.6) is 5.75 Å². The van der Waals surface area contributed by atoms with E-state index in [1.165, 1.54) is 25.5 Å². The average molecular weight is 370 g/mol. The molecule has 1 heterocycles. The van der Waals surface area contributed by atoms with Gasteiger partial charge in [-0.3, -0.25) is 9.59 Å². The lowest BCUT2D eigenvalue weighted by atomic mass is 10.1. The van der Waals surface area contributed by atoms with Gasteiger partial charge in [0.1, 0.15) is 17.6 Å². The number of ether oxygens (including phenoxy) is 1. The van der Waals surface area contributed by atoms with Gasteiger partial charge in [-0.1, -0.05) is 23.7 Å². The van der Waals surface area contributed by atoms with Gasteiger partial charge in [0.25, 0.3) is 0 Å². The van der Waals surface area contributed by atoms with Gasteiger partial charge in [0.2, 0.25) is 5.91 Å². The molecule has 0 unspecified atom stereocenters. The number of benzene rings is 2.